The summed E-state index contributed by atoms with van der Waals surface area (Å²) in [5.74, 6) is -0.0820. The highest BCUT2D eigenvalue weighted by Gasteiger charge is 2.17. The SMILES string of the molecule is Cc1nn(C)c(C)c1C(=O)NCCn1nc(-c2cccs2)cc1C. The van der Waals surface area contributed by atoms with Crippen molar-refractivity contribution in [3.8, 4) is 10.6 Å². The first-order valence-corrected chi connectivity index (χ1v) is 8.72. The molecule has 0 aromatic carbocycles. The zero-order valence-corrected chi connectivity index (χ0v) is 15.1. The molecule has 0 aliphatic heterocycles. The van der Waals surface area contributed by atoms with Crippen molar-refractivity contribution in [2.24, 2.45) is 7.05 Å². The topological polar surface area (TPSA) is 64.7 Å². The van der Waals surface area contributed by atoms with E-state index in [-0.39, 0.29) is 5.91 Å². The molecule has 7 heteroatoms. The Bertz CT molecular complexity index is 860. The Morgan fingerprint density at radius 2 is 2.08 bits per heavy atom. The monoisotopic (exact) mass is 343 g/mol. The molecule has 6 nitrogen and oxygen atoms in total. The molecule has 3 heterocycles. The highest BCUT2D eigenvalue weighted by molar-refractivity contribution is 7.13. The van der Waals surface area contributed by atoms with E-state index in [1.165, 1.54) is 0 Å². The number of thiophene rings is 1. The van der Waals surface area contributed by atoms with Gasteiger partial charge in [-0.1, -0.05) is 6.07 Å². The Labute approximate surface area is 145 Å². The van der Waals surface area contributed by atoms with Crippen LogP contribution in [0.15, 0.2) is 23.6 Å². The first-order valence-electron chi connectivity index (χ1n) is 7.84. The van der Waals surface area contributed by atoms with Gasteiger partial charge in [0, 0.05) is 25.0 Å². The van der Waals surface area contributed by atoms with Crippen molar-refractivity contribution in [2.75, 3.05) is 6.54 Å². The molecule has 0 saturated carbocycles. The third kappa shape index (κ3) is 3.12. The van der Waals surface area contributed by atoms with E-state index in [1.54, 1.807) is 16.0 Å². The van der Waals surface area contributed by atoms with Crippen LogP contribution in [0.25, 0.3) is 10.6 Å². The molecule has 1 amide bonds. The van der Waals surface area contributed by atoms with Gasteiger partial charge in [0.25, 0.3) is 5.91 Å². The van der Waals surface area contributed by atoms with Gasteiger partial charge in [0.2, 0.25) is 0 Å². The number of rotatable bonds is 5. The van der Waals surface area contributed by atoms with Gasteiger partial charge in [0.15, 0.2) is 0 Å². The average Bonchev–Trinajstić information content (AvgIpc) is 3.22. The first-order chi connectivity index (χ1) is 11.5. The van der Waals surface area contributed by atoms with Crippen LogP contribution in [0.2, 0.25) is 0 Å². The molecule has 0 radical (unpaired) electrons. The summed E-state index contributed by atoms with van der Waals surface area (Å²) in [5, 5.41) is 13.9. The molecule has 0 aliphatic carbocycles. The first kappa shape index (κ1) is 16.4. The van der Waals surface area contributed by atoms with Crippen molar-refractivity contribution in [3.63, 3.8) is 0 Å². The zero-order valence-electron chi connectivity index (χ0n) is 14.3. The molecule has 0 spiro atoms. The molecular formula is C17H21N5OS. The van der Waals surface area contributed by atoms with E-state index in [0.717, 1.165) is 27.7 Å². The van der Waals surface area contributed by atoms with Crippen LogP contribution >= 0.6 is 11.3 Å². The van der Waals surface area contributed by atoms with Crippen LogP contribution in [0.4, 0.5) is 0 Å². The number of carbonyl (C=O) groups excluding carboxylic acids is 1. The second-order valence-corrected chi connectivity index (χ2v) is 6.74. The lowest BCUT2D eigenvalue weighted by Crippen LogP contribution is -2.28. The van der Waals surface area contributed by atoms with Crippen LogP contribution in [0.5, 0.6) is 0 Å². The summed E-state index contributed by atoms with van der Waals surface area (Å²) in [6.07, 6.45) is 0. The minimum absolute atomic E-state index is 0.0820. The van der Waals surface area contributed by atoms with Crippen LogP contribution in [-0.2, 0) is 13.6 Å². The number of aromatic nitrogens is 4. The smallest absolute Gasteiger partial charge is 0.255 e. The molecule has 0 aliphatic rings. The molecule has 3 aromatic heterocycles. The standard InChI is InChI=1S/C17H21N5OS/c1-11-10-14(15-6-5-9-24-15)20-22(11)8-7-18-17(23)16-12(2)19-21(4)13(16)3/h5-6,9-10H,7-8H2,1-4H3,(H,18,23). The normalized spacial score (nSPS) is 11.0. The lowest BCUT2D eigenvalue weighted by atomic mass is 10.2. The predicted octanol–water partition coefficient (Wildman–Crippen LogP) is 2.70. The van der Waals surface area contributed by atoms with Crippen LogP contribution in [0.1, 0.15) is 27.4 Å². The molecule has 126 valence electrons. The maximum atomic E-state index is 12.4. The quantitative estimate of drug-likeness (QED) is 0.775. The van der Waals surface area contributed by atoms with Crippen LogP contribution in [-0.4, -0.2) is 32.0 Å². The summed E-state index contributed by atoms with van der Waals surface area (Å²) in [6.45, 7) is 6.95. The van der Waals surface area contributed by atoms with E-state index in [9.17, 15) is 4.79 Å². The molecule has 24 heavy (non-hydrogen) atoms. The third-order valence-electron chi connectivity index (χ3n) is 4.10. The lowest BCUT2D eigenvalue weighted by molar-refractivity contribution is 0.0950. The molecular weight excluding hydrogens is 322 g/mol. The van der Waals surface area contributed by atoms with E-state index >= 15 is 0 Å². The molecule has 3 aromatic rings. The van der Waals surface area contributed by atoms with E-state index in [1.807, 2.05) is 43.9 Å². The Morgan fingerprint density at radius 3 is 2.71 bits per heavy atom. The molecule has 0 bridgehead atoms. The van der Waals surface area contributed by atoms with Crippen molar-refractivity contribution in [3.05, 3.63) is 46.2 Å². The molecule has 1 N–H and O–H groups in total. The Kier molecular flexibility index (Phi) is 4.53. The summed E-state index contributed by atoms with van der Waals surface area (Å²) in [4.78, 5) is 13.5. The number of amides is 1. The van der Waals surface area contributed by atoms with Gasteiger partial charge in [-0.25, -0.2) is 0 Å². The van der Waals surface area contributed by atoms with Crippen molar-refractivity contribution in [2.45, 2.75) is 27.3 Å². The Balaban J connectivity index is 1.63. The molecule has 3 rings (SSSR count). The second kappa shape index (κ2) is 6.60. The van der Waals surface area contributed by atoms with Crippen LogP contribution < -0.4 is 5.32 Å². The minimum Gasteiger partial charge on any atom is -0.350 e. The van der Waals surface area contributed by atoms with Crippen molar-refractivity contribution < 1.29 is 4.79 Å². The van der Waals surface area contributed by atoms with Gasteiger partial charge in [0.1, 0.15) is 5.69 Å². The highest BCUT2D eigenvalue weighted by Crippen LogP contribution is 2.23. The average molecular weight is 343 g/mol. The van der Waals surface area contributed by atoms with E-state index < -0.39 is 0 Å². The van der Waals surface area contributed by atoms with Gasteiger partial charge < -0.3 is 5.32 Å². The predicted molar refractivity (Wildman–Crippen MR) is 95.3 cm³/mol. The van der Waals surface area contributed by atoms with Gasteiger partial charge in [0.05, 0.1) is 22.7 Å². The number of hydrogen-bond acceptors (Lipinski definition) is 4. The van der Waals surface area contributed by atoms with E-state index in [0.29, 0.717) is 18.7 Å². The minimum atomic E-state index is -0.0820. The van der Waals surface area contributed by atoms with Gasteiger partial charge >= 0.3 is 0 Å². The summed E-state index contributed by atoms with van der Waals surface area (Å²) in [7, 11) is 1.85. The fraction of sp³-hybridized carbons (Fsp3) is 0.353. The van der Waals surface area contributed by atoms with Crippen molar-refractivity contribution in [1.29, 1.82) is 0 Å². The van der Waals surface area contributed by atoms with Gasteiger partial charge in [-0.15, -0.1) is 11.3 Å². The fourth-order valence-corrected chi connectivity index (χ4v) is 3.43. The van der Waals surface area contributed by atoms with Crippen molar-refractivity contribution >= 4 is 17.2 Å². The highest BCUT2D eigenvalue weighted by atomic mass is 32.1. The number of aryl methyl sites for hydroxylation is 3. The van der Waals surface area contributed by atoms with E-state index in [4.69, 9.17) is 0 Å². The maximum Gasteiger partial charge on any atom is 0.255 e. The van der Waals surface area contributed by atoms with Gasteiger partial charge in [-0.2, -0.15) is 10.2 Å². The summed E-state index contributed by atoms with van der Waals surface area (Å²) in [6, 6.07) is 6.16. The molecule has 0 unspecified atom stereocenters. The maximum absolute atomic E-state index is 12.4. The molecule has 0 atom stereocenters. The van der Waals surface area contributed by atoms with Crippen molar-refractivity contribution in [1.82, 2.24) is 24.9 Å². The second-order valence-electron chi connectivity index (χ2n) is 5.80. The zero-order chi connectivity index (χ0) is 17.3. The fourth-order valence-electron chi connectivity index (χ4n) is 2.75. The molecule has 0 saturated heterocycles. The van der Waals surface area contributed by atoms with Gasteiger partial charge in [-0.3, -0.25) is 14.2 Å². The lowest BCUT2D eigenvalue weighted by Gasteiger charge is -2.07. The summed E-state index contributed by atoms with van der Waals surface area (Å²) >= 11 is 1.67. The third-order valence-corrected chi connectivity index (χ3v) is 4.99. The van der Waals surface area contributed by atoms with E-state index in [2.05, 4.69) is 27.6 Å². The number of carbonyl (C=O) groups is 1. The number of nitrogens with one attached hydrogen (secondary N) is 1. The van der Waals surface area contributed by atoms with Crippen LogP contribution in [0.3, 0.4) is 0 Å². The Morgan fingerprint density at radius 1 is 1.29 bits per heavy atom. The van der Waals surface area contributed by atoms with Gasteiger partial charge in [-0.05, 0) is 38.3 Å². The molecule has 0 fully saturated rings. The number of hydrogen-bond donors (Lipinski definition) is 1. The van der Waals surface area contributed by atoms with Crippen LogP contribution in [0, 0.1) is 20.8 Å². The summed E-state index contributed by atoms with van der Waals surface area (Å²) < 4.78 is 3.66. The summed E-state index contributed by atoms with van der Waals surface area (Å²) in [5.41, 5.74) is 4.35. The Hall–Kier alpha value is -2.41. The number of nitrogens with zero attached hydrogens (tertiary/aromatic N) is 4. The largest absolute Gasteiger partial charge is 0.350 e.